The van der Waals surface area contributed by atoms with Gasteiger partial charge in [0.25, 0.3) is 5.56 Å². The van der Waals surface area contributed by atoms with Crippen molar-refractivity contribution in [2.75, 3.05) is 12.5 Å². The molecule has 1 aromatic carbocycles. The van der Waals surface area contributed by atoms with Crippen molar-refractivity contribution < 1.29 is 27.4 Å². The van der Waals surface area contributed by atoms with Crippen LogP contribution in [0.4, 0.5) is 13.2 Å². The van der Waals surface area contributed by atoms with Gasteiger partial charge in [0.15, 0.2) is 0 Å². The number of benzene rings is 1. The minimum atomic E-state index is -4.78. The highest BCUT2D eigenvalue weighted by Crippen LogP contribution is 2.23. The number of carbonyl (C=O) groups is 1. The average Bonchev–Trinajstić information content (AvgIpc) is 2.56. The second kappa shape index (κ2) is 7.94. The standard InChI is InChI=1S/C17H17F3N2O4/c1-11-6-7-22(16(24)14(11)9-15(23)25-2)21-10-12-4-3-5-13(8-12)26-17(18,19)20/h3-8,21H,9-10H2,1-2H3. The first-order valence-electron chi connectivity index (χ1n) is 7.56. The Morgan fingerprint density at radius 3 is 2.65 bits per heavy atom. The number of methoxy groups -OCH3 is 1. The van der Waals surface area contributed by atoms with Gasteiger partial charge in [-0.25, -0.2) is 4.68 Å². The number of halogens is 3. The van der Waals surface area contributed by atoms with Crippen molar-refractivity contribution in [2.24, 2.45) is 0 Å². The van der Waals surface area contributed by atoms with Gasteiger partial charge in [0.05, 0.1) is 20.1 Å². The fourth-order valence-corrected chi connectivity index (χ4v) is 2.25. The minimum absolute atomic E-state index is 0.0791. The molecule has 0 saturated carbocycles. The molecule has 0 atom stereocenters. The van der Waals surface area contributed by atoms with Gasteiger partial charge in [-0.15, -0.1) is 13.2 Å². The number of hydrogen-bond acceptors (Lipinski definition) is 5. The lowest BCUT2D eigenvalue weighted by molar-refractivity contribution is -0.274. The molecule has 0 aliphatic carbocycles. The second-order valence-corrected chi connectivity index (χ2v) is 5.44. The van der Waals surface area contributed by atoms with E-state index in [9.17, 15) is 22.8 Å². The molecule has 1 N–H and O–H groups in total. The van der Waals surface area contributed by atoms with E-state index in [4.69, 9.17) is 0 Å². The van der Waals surface area contributed by atoms with Gasteiger partial charge in [-0.05, 0) is 36.2 Å². The highest BCUT2D eigenvalue weighted by atomic mass is 19.4. The maximum Gasteiger partial charge on any atom is 0.573 e. The summed E-state index contributed by atoms with van der Waals surface area (Å²) in [5, 5.41) is 0. The third-order valence-electron chi connectivity index (χ3n) is 3.56. The van der Waals surface area contributed by atoms with Crippen LogP contribution in [0.2, 0.25) is 0 Å². The van der Waals surface area contributed by atoms with Crippen molar-refractivity contribution in [2.45, 2.75) is 26.3 Å². The Hall–Kier alpha value is -2.97. The van der Waals surface area contributed by atoms with Gasteiger partial charge in [-0.1, -0.05) is 12.1 Å². The van der Waals surface area contributed by atoms with Crippen LogP contribution in [0, 0.1) is 6.92 Å². The smallest absolute Gasteiger partial charge is 0.469 e. The van der Waals surface area contributed by atoms with Crippen LogP contribution in [0.5, 0.6) is 5.75 Å². The van der Waals surface area contributed by atoms with Gasteiger partial charge in [-0.3, -0.25) is 9.59 Å². The lowest BCUT2D eigenvalue weighted by atomic mass is 10.1. The number of aromatic nitrogens is 1. The highest BCUT2D eigenvalue weighted by Gasteiger charge is 2.31. The molecule has 1 aromatic heterocycles. The molecule has 0 aliphatic heterocycles. The van der Waals surface area contributed by atoms with Gasteiger partial charge < -0.3 is 14.9 Å². The molecule has 0 spiro atoms. The summed E-state index contributed by atoms with van der Waals surface area (Å²) < 4.78 is 46.4. The third kappa shape index (κ3) is 5.27. The van der Waals surface area contributed by atoms with Crippen LogP contribution in [0.25, 0.3) is 0 Å². The summed E-state index contributed by atoms with van der Waals surface area (Å²) in [5.74, 6) is -0.889. The van der Waals surface area contributed by atoms with Crippen molar-refractivity contribution in [3.63, 3.8) is 0 Å². The Morgan fingerprint density at radius 2 is 2.00 bits per heavy atom. The van der Waals surface area contributed by atoms with Crippen molar-refractivity contribution in [1.82, 2.24) is 4.68 Å². The number of pyridine rings is 1. The zero-order chi connectivity index (χ0) is 19.3. The molecule has 0 amide bonds. The Kier molecular flexibility index (Phi) is 5.91. The molecule has 2 rings (SSSR count). The summed E-state index contributed by atoms with van der Waals surface area (Å²) in [4.78, 5) is 23.9. The lowest BCUT2D eigenvalue weighted by Crippen LogP contribution is -2.32. The fraction of sp³-hybridized carbons (Fsp3) is 0.294. The number of ether oxygens (including phenoxy) is 2. The summed E-state index contributed by atoms with van der Waals surface area (Å²) >= 11 is 0. The van der Waals surface area contributed by atoms with E-state index in [-0.39, 0.29) is 24.3 Å². The summed E-state index contributed by atoms with van der Waals surface area (Å²) in [5.41, 5.74) is 3.76. The highest BCUT2D eigenvalue weighted by molar-refractivity contribution is 5.72. The second-order valence-electron chi connectivity index (χ2n) is 5.44. The monoisotopic (exact) mass is 370 g/mol. The van der Waals surface area contributed by atoms with E-state index in [2.05, 4.69) is 14.9 Å². The molecular formula is C17H17F3N2O4. The zero-order valence-electron chi connectivity index (χ0n) is 14.1. The number of hydrogen-bond donors (Lipinski definition) is 1. The van der Waals surface area contributed by atoms with Gasteiger partial charge in [-0.2, -0.15) is 0 Å². The predicted octanol–water partition coefficient (Wildman–Crippen LogP) is 2.51. The molecule has 0 radical (unpaired) electrons. The summed E-state index contributed by atoms with van der Waals surface area (Å²) in [6.45, 7) is 1.78. The minimum Gasteiger partial charge on any atom is -0.469 e. The number of nitrogens with zero attached hydrogens (tertiary/aromatic N) is 1. The lowest BCUT2D eigenvalue weighted by Gasteiger charge is -2.14. The molecule has 2 aromatic rings. The van der Waals surface area contributed by atoms with Gasteiger partial charge in [0, 0.05) is 11.8 Å². The van der Waals surface area contributed by atoms with Crippen LogP contribution in [-0.4, -0.2) is 24.1 Å². The van der Waals surface area contributed by atoms with Gasteiger partial charge in [0.2, 0.25) is 0 Å². The number of nitrogens with one attached hydrogen (secondary N) is 1. The van der Waals surface area contributed by atoms with Gasteiger partial charge in [0.1, 0.15) is 5.75 Å². The molecule has 0 saturated heterocycles. The Bertz CT molecular complexity index is 847. The Morgan fingerprint density at radius 1 is 1.27 bits per heavy atom. The summed E-state index contributed by atoms with van der Waals surface area (Å²) in [7, 11) is 1.23. The van der Waals surface area contributed by atoms with Crippen LogP contribution in [0.1, 0.15) is 16.7 Å². The largest absolute Gasteiger partial charge is 0.573 e. The predicted molar refractivity (Wildman–Crippen MR) is 87.3 cm³/mol. The van der Waals surface area contributed by atoms with Crippen LogP contribution >= 0.6 is 0 Å². The molecular weight excluding hydrogens is 353 g/mol. The van der Waals surface area contributed by atoms with Crippen molar-refractivity contribution in [1.29, 1.82) is 0 Å². The molecule has 9 heteroatoms. The number of esters is 1. The molecule has 0 unspecified atom stereocenters. The topological polar surface area (TPSA) is 69.6 Å². The normalized spacial score (nSPS) is 11.1. The van der Waals surface area contributed by atoms with E-state index >= 15 is 0 Å². The van der Waals surface area contributed by atoms with E-state index in [1.165, 1.54) is 36.2 Å². The quantitative estimate of drug-likeness (QED) is 0.792. The molecule has 26 heavy (non-hydrogen) atoms. The van der Waals surface area contributed by atoms with Crippen molar-refractivity contribution in [3.8, 4) is 5.75 Å². The summed E-state index contributed by atoms with van der Waals surface area (Å²) in [6.07, 6.45) is -3.46. The first-order chi connectivity index (χ1) is 12.2. The van der Waals surface area contributed by atoms with E-state index in [1.54, 1.807) is 19.1 Å². The molecule has 0 fully saturated rings. The maximum absolute atomic E-state index is 12.4. The van der Waals surface area contributed by atoms with E-state index in [0.29, 0.717) is 11.1 Å². The maximum atomic E-state index is 12.4. The van der Waals surface area contributed by atoms with E-state index in [0.717, 1.165) is 0 Å². The Balaban J connectivity index is 2.15. The molecule has 0 bridgehead atoms. The van der Waals surface area contributed by atoms with Gasteiger partial charge >= 0.3 is 12.3 Å². The van der Waals surface area contributed by atoms with Crippen LogP contribution in [0.3, 0.4) is 0 Å². The van der Waals surface area contributed by atoms with Crippen LogP contribution in [0.15, 0.2) is 41.3 Å². The molecule has 0 aliphatic rings. The Labute approximate surface area is 147 Å². The fourth-order valence-electron chi connectivity index (χ4n) is 2.25. The van der Waals surface area contributed by atoms with Crippen LogP contribution in [-0.2, 0) is 22.5 Å². The van der Waals surface area contributed by atoms with E-state index in [1.807, 2.05) is 0 Å². The molecule has 6 nitrogen and oxygen atoms in total. The number of alkyl halides is 3. The molecule has 140 valence electrons. The SMILES string of the molecule is COC(=O)Cc1c(C)ccn(NCc2cccc(OC(F)(F)F)c2)c1=O. The average molecular weight is 370 g/mol. The first kappa shape index (κ1) is 19.4. The first-order valence-corrected chi connectivity index (χ1v) is 7.56. The van der Waals surface area contributed by atoms with Crippen LogP contribution < -0.4 is 15.7 Å². The third-order valence-corrected chi connectivity index (χ3v) is 3.56. The molecule has 1 heterocycles. The number of aryl methyl sites for hydroxylation is 1. The number of rotatable bonds is 6. The zero-order valence-corrected chi connectivity index (χ0v) is 14.1. The van der Waals surface area contributed by atoms with E-state index < -0.39 is 17.9 Å². The summed E-state index contributed by atoms with van der Waals surface area (Å²) in [6, 6.07) is 7.05. The number of carbonyl (C=O) groups excluding carboxylic acids is 1. The van der Waals surface area contributed by atoms with Crippen molar-refractivity contribution in [3.05, 3.63) is 63.6 Å². The van der Waals surface area contributed by atoms with Crippen molar-refractivity contribution >= 4 is 5.97 Å².